The van der Waals surface area contributed by atoms with Crippen molar-refractivity contribution in [1.82, 2.24) is 10.3 Å². The maximum atomic E-state index is 13.1. The molecule has 0 bridgehead atoms. The van der Waals surface area contributed by atoms with Crippen LogP contribution in [0.15, 0.2) is 41.0 Å². The lowest BCUT2D eigenvalue weighted by molar-refractivity contribution is -0.137. The van der Waals surface area contributed by atoms with Gasteiger partial charge in [0.25, 0.3) is 5.91 Å². The number of carbonyl (C=O) groups excluding carboxylic acids is 1. The first kappa shape index (κ1) is 21.1. The van der Waals surface area contributed by atoms with E-state index in [1.165, 1.54) is 0 Å². The summed E-state index contributed by atoms with van der Waals surface area (Å²) in [4.78, 5) is 16.5. The van der Waals surface area contributed by atoms with Crippen LogP contribution in [-0.4, -0.2) is 21.6 Å². The first-order valence-corrected chi connectivity index (χ1v) is 9.79. The number of aliphatic hydroxyl groups is 1. The lowest BCUT2D eigenvalue weighted by atomic mass is 9.87. The van der Waals surface area contributed by atoms with Crippen LogP contribution in [0.3, 0.4) is 0 Å². The SMILES string of the molecule is O=C(N[C@@H](c1cccc(Br)c1)C1(O)CCCC1)c1nccc(C(F)(F)F)c1Cl. The lowest BCUT2D eigenvalue weighted by Gasteiger charge is -2.34. The van der Waals surface area contributed by atoms with Crippen LogP contribution in [0.4, 0.5) is 13.2 Å². The van der Waals surface area contributed by atoms with Crippen LogP contribution in [0.25, 0.3) is 0 Å². The van der Waals surface area contributed by atoms with Gasteiger partial charge in [-0.3, -0.25) is 4.79 Å². The third-order valence-corrected chi connectivity index (χ3v) is 5.75. The molecule has 150 valence electrons. The van der Waals surface area contributed by atoms with Crippen LogP contribution in [0.5, 0.6) is 0 Å². The zero-order chi connectivity index (χ0) is 20.5. The summed E-state index contributed by atoms with van der Waals surface area (Å²) >= 11 is 9.18. The quantitative estimate of drug-likeness (QED) is 0.629. The number of carbonyl (C=O) groups is 1. The van der Waals surface area contributed by atoms with Gasteiger partial charge in [-0.2, -0.15) is 13.2 Å². The molecule has 1 atom stereocenters. The molecule has 0 unspecified atom stereocenters. The number of rotatable bonds is 4. The molecule has 9 heteroatoms. The average Bonchev–Trinajstić information content (AvgIpc) is 3.06. The van der Waals surface area contributed by atoms with Crippen LogP contribution in [0.2, 0.25) is 5.02 Å². The van der Waals surface area contributed by atoms with E-state index in [4.69, 9.17) is 11.6 Å². The highest BCUT2D eigenvalue weighted by molar-refractivity contribution is 9.10. The van der Waals surface area contributed by atoms with Gasteiger partial charge in [0, 0.05) is 10.7 Å². The van der Waals surface area contributed by atoms with E-state index < -0.39 is 40.0 Å². The molecule has 1 saturated carbocycles. The number of hydrogen-bond donors (Lipinski definition) is 2. The summed E-state index contributed by atoms with van der Waals surface area (Å²) in [5.41, 5.74) is -2.23. The van der Waals surface area contributed by atoms with Gasteiger partial charge in [-0.15, -0.1) is 0 Å². The van der Waals surface area contributed by atoms with E-state index in [-0.39, 0.29) is 0 Å². The molecule has 1 fully saturated rings. The van der Waals surface area contributed by atoms with Crippen molar-refractivity contribution in [2.45, 2.75) is 43.5 Å². The molecule has 0 spiro atoms. The van der Waals surface area contributed by atoms with Gasteiger partial charge in [-0.05, 0) is 36.6 Å². The minimum atomic E-state index is -4.71. The highest BCUT2D eigenvalue weighted by atomic mass is 79.9. The molecule has 3 rings (SSSR count). The molecule has 0 radical (unpaired) electrons. The highest BCUT2D eigenvalue weighted by Crippen LogP contribution is 2.41. The molecule has 1 aromatic heterocycles. The molecule has 4 nitrogen and oxygen atoms in total. The standard InChI is InChI=1S/C19H17BrClF3N2O2/c20-12-5-3-4-11(10-12)16(18(28)7-1-2-8-18)26-17(27)15-14(21)13(6-9-25-15)19(22,23)24/h3-6,9-10,16,28H,1-2,7-8H2,(H,26,27)/t16-/m0/s1. The van der Waals surface area contributed by atoms with E-state index in [9.17, 15) is 23.1 Å². The minimum Gasteiger partial charge on any atom is -0.387 e. The van der Waals surface area contributed by atoms with Gasteiger partial charge in [-0.25, -0.2) is 4.98 Å². The highest BCUT2D eigenvalue weighted by Gasteiger charge is 2.42. The van der Waals surface area contributed by atoms with Gasteiger partial charge >= 0.3 is 6.18 Å². The van der Waals surface area contributed by atoms with Crippen molar-refractivity contribution >= 4 is 33.4 Å². The number of aromatic nitrogens is 1. The number of benzene rings is 1. The van der Waals surface area contributed by atoms with Crippen LogP contribution < -0.4 is 5.32 Å². The third kappa shape index (κ3) is 4.34. The van der Waals surface area contributed by atoms with Crippen LogP contribution >= 0.6 is 27.5 Å². The van der Waals surface area contributed by atoms with Gasteiger partial charge in [0.05, 0.1) is 22.2 Å². The largest absolute Gasteiger partial charge is 0.417 e. The number of nitrogens with one attached hydrogen (secondary N) is 1. The zero-order valence-corrected chi connectivity index (χ0v) is 16.9. The molecule has 1 heterocycles. The Morgan fingerprint density at radius 1 is 1.29 bits per heavy atom. The predicted molar refractivity (Wildman–Crippen MR) is 102 cm³/mol. The predicted octanol–water partition coefficient (Wildman–Crippen LogP) is 5.29. The fourth-order valence-corrected chi connectivity index (χ4v) is 4.23. The van der Waals surface area contributed by atoms with Gasteiger partial charge in [0.2, 0.25) is 0 Å². The van der Waals surface area contributed by atoms with E-state index in [0.717, 1.165) is 29.6 Å². The summed E-state index contributed by atoms with van der Waals surface area (Å²) in [6.45, 7) is 0. The maximum Gasteiger partial charge on any atom is 0.417 e. The molecule has 2 N–H and O–H groups in total. The van der Waals surface area contributed by atoms with Crippen LogP contribution in [-0.2, 0) is 6.18 Å². The zero-order valence-electron chi connectivity index (χ0n) is 14.6. The molecular formula is C19H17BrClF3N2O2. The van der Waals surface area contributed by atoms with Crippen molar-refractivity contribution in [2.75, 3.05) is 0 Å². The first-order chi connectivity index (χ1) is 13.1. The van der Waals surface area contributed by atoms with Gasteiger partial charge in [-0.1, -0.05) is 52.5 Å². The fraction of sp³-hybridized carbons (Fsp3) is 0.368. The minimum absolute atomic E-state index is 0.466. The molecule has 1 amide bonds. The summed E-state index contributed by atoms with van der Waals surface area (Å²) in [7, 11) is 0. The monoisotopic (exact) mass is 476 g/mol. The Bertz CT molecular complexity index is 886. The Labute approximate surface area is 173 Å². The van der Waals surface area contributed by atoms with Crippen molar-refractivity contribution < 1.29 is 23.1 Å². The summed E-state index contributed by atoms with van der Waals surface area (Å²) in [6.07, 6.45) is -1.30. The van der Waals surface area contributed by atoms with E-state index in [1.807, 2.05) is 0 Å². The number of pyridine rings is 1. The Hall–Kier alpha value is -1.64. The summed E-state index contributed by atoms with van der Waals surface area (Å²) in [6, 6.07) is 6.95. The van der Waals surface area contributed by atoms with E-state index in [0.29, 0.717) is 18.4 Å². The van der Waals surface area contributed by atoms with Crippen molar-refractivity contribution in [2.24, 2.45) is 0 Å². The molecule has 1 aromatic carbocycles. The van der Waals surface area contributed by atoms with Gasteiger partial charge < -0.3 is 10.4 Å². The number of amides is 1. The average molecular weight is 478 g/mol. The third-order valence-electron chi connectivity index (χ3n) is 4.87. The second-order valence-electron chi connectivity index (χ2n) is 6.79. The van der Waals surface area contributed by atoms with Crippen molar-refractivity contribution in [1.29, 1.82) is 0 Å². The van der Waals surface area contributed by atoms with E-state index >= 15 is 0 Å². The first-order valence-electron chi connectivity index (χ1n) is 8.62. The molecule has 1 aliphatic rings. The summed E-state index contributed by atoms with van der Waals surface area (Å²) in [5, 5.41) is 13.0. The summed E-state index contributed by atoms with van der Waals surface area (Å²) < 4.78 is 40.0. The Morgan fingerprint density at radius 3 is 2.57 bits per heavy atom. The molecule has 1 aliphatic carbocycles. The fourth-order valence-electron chi connectivity index (χ4n) is 3.51. The smallest absolute Gasteiger partial charge is 0.387 e. The normalized spacial score (nSPS) is 17.4. The topological polar surface area (TPSA) is 62.2 Å². The molecule has 28 heavy (non-hydrogen) atoms. The van der Waals surface area contributed by atoms with E-state index in [1.54, 1.807) is 24.3 Å². The second kappa shape index (κ2) is 8.00. The number of alkyl halides is 3. The van der Waals surface area contributed by atoms with E-state index in [2.05, 4.69) is 26.2 Å². The van der Waals surface area contributed by atoms with Crippen LogP contribution in [0, 0.1) is 0 Å². The lowest BCUT2D eigenvalue weighted by Crippen LogP contribution is -2.44. The van der Waals surface area contributed by atoms with Crippen molar-refractivity contribution in [3.63, 3.8) is 0 Å². The van der Waals surface area contributed by atoms with Crippen molar-refractivity contribution in [3.05, 3.63) is 62.8 Å². The Balaban J connectivity index is 1.97. The molecular weight excluding hydrogens is 461 g/mol. The van der Waals surface area contributed by atoms with Gasteiger partial charge in [0.15, 0.2) is 0 Å². The Kier molecular flexibility index (Phi) is 6.03. The van der Waals surface area contributed by atoms with Crippen LogP contribution in [0.1, 0.15) is 53.3 Å². The molecule has 0 saturated heterocycles. The second-order valence-corrected chi connectivity index (χ2v) is 8.08. The number of halogens is 5. The molecule has 0 aliphatic heterocycles. The molecule has 2 aromatic rings. The van der Waals surface area contributed by atoms with Gasteiger partial charge in [0.1, 0.15) is 5.69 Å². The number of nitrogens with zero attached hydrogens (tertiary/aromatic N) is 1. The van der Waals surface area contributed by atoms with Crippen molar-refractivity contribution in [3.8, 4) is 0 Å². The maximum absolute atomic E-state index is 13.1. The Morgan fingerprint density at radius 2 is 1.96 bits per heavy atom. The summed E-state index contributed by atoms with van der Waals surface area (Å²) in [5.74, 6) is -0.874. The number of hydrogen-bond acceptors (Lipinski definition) is 3.